The van der Waals surface area contributed by atoms with Crippen molar-refractivity contribution < 1.29 is 52.4 Å². The van der Waals surface area contributed by atoms with E-state index in [9.17, 15) is 10.2 Å². The molecule has 28 heavy (non-hydrogen) atoms. The van der Waals surface area contributed by atoms with Gasteiger partial charge in [-0.1, -0.05) is 45.4 Å². The van der Waals surface area contributed by atoms with Crippen LogP contribution in [0.3, 0.4) is 0 Å². The smallest absolute Gasteiger partial charge is 0.107 e. The van der Waals surface area contributed by atoms with Crippen LogP contribution in [0.15, 0.2) is 11.6 Å². The largest absolute Gasteiger partial charge is 0.406 e. The number of fused-ring (bicyclic) bond motifs is 2. The van der Waals surface area contributed by atoms with Gasteiger partial charge in [-0.05, 0) is 43.4 Å². The summed E-state index contributed by atoms with van der Waals surface area (Å²) in [4.78, 5) is 0. The zero-order valence-electron chi connectivity index (χ0n) is 18.1. The van der Waals surface area contributed by atoms with Crippen molar-refractivity contribution in [1.29, 1.82) is 0 Å². The molecule has 2 aliphatic heterocycles. The Morgan fingerprint density at radius 2 is 1.86 bits per heavy atom. The second-order valence-corrected chi connectivity index (χ2v) is 10.7. The molecule has 5 heteroatoms. The fraction of sp³-hybridized carbons (Fsp3) is 0.870. The molecule has 3 unspecified atom stereocenters. The zero-order valence-corrected chi connectivity index (χ0v) is 20.9. The van der Waals surface area contributed by atoms with Gasteiger partial charge in [0.15, 0.2) is 0 Å². The standard InChI is InChI=1S/C23H35O4.Y/c1-11-7-12(2)15-9-17-23-10-26-22(6,16(23)8-13(3)27-17)20(25)18(24)19(23)21(15,5)14(11)4;/h7-8,11,13-20,24-25H,9-10H2,1-6H3;/q-1;/t11?,13?,14?,15-,16+,17-,18-,19+,20-,21+,22-,23-;/m1./s1. The average molecular weight is 464 g/mol. The summed E-state index contributed by atoms with van der Waals surface area (Å²) < 4.78 is 12.9. The van der Waals surface area contributed by atoms with Crippen molar-refractivity contribution >= 4 is 0 Å². The van der Waals surface area contributed by atoms with Crippen molar-refractivity contribution in [3.8, 4) is 0 Å². The molecular weight excluding hydrogens is 429 g/mol. The summed E-state index contributed by atoms with van der Waals surface area (Å²) in [6, 6.07) is 0. The molecule has 2 saturated heterocycles. The molecule has 155 valence electrons. The van der Waals surface area contributed by atoms with E-state index in [0.29, 0.717) is 24.4 Å². The molecule has 1 radical (unpaired) electrons. The van der Waals surface area contributed by atoms with Crippen LogP contribution in [0.25, 0.3) is 0 Å². The quantitative estimate of drug-likeness (QED) is 0.428. The van der Waals surface area contributed by atoms with E-state index in [0.717, 1.165) is 6.42 Å². The first kappa shape index (κ1) is 21.9. The van der Waals surface area contributed by atoms with Crippen molar-refractivity contribution in [1.82, 2.24) is 0 Å². The molecule has 2 heterocycles. The number of rotatable bonds is 0. The van der Waals surface area contributed by atoms with Gasteiger partial charge in [-0.2, -0.15) is 0 Å². The Balaban J connectivity index is 0.00000192. The molecule has 0 aromatic rings. The van der Waals surface area contributed by atoms with Gasteiger partial charge in [0.2, 0.25) is 0 Å². The molecule has 4 nitrogen and oxygen atoms in total. The Morgan fingerprint density at radius 3 is 2.54 bits per heavy atom. The minimum absolute atomic E-state index is 0. The minimum atomic E-state index is -0.866. The van der Waals surface area contributed by atoms with Crippen LogP contribution in [0.1, 0.15) is 48.0 Å². The Labute approximate surface area is 194 Å². The summed E-state index contributed by atoms with van der Waals surface area (Å²) >= 11 is 0. The molecule has 0 amide bonds. The summed E-state index contributed by atoms with van der Waals surface area (Å²) in [6.45, 7) is 13.9. The van der Waals surface area contributed by atoms with E-state index in [4.69, 9.17) is 9.47 Å². The number of hydrogen-bond donors (Lipinski definition) is 2. The van der Waals surface area contributed by atoms with Gasteiger partial charge in [0, 0.05) is 44.0 Å². The fourth-order valence-electron chi connectivity index (χ4n) is 8.38. The van der Waals surface area contributed by atoms with Crippen molar-refractivity contribution in [2.75, 3.05) is 6.61 Å². The Hall–Kier alpha value is 0.684. The Morgan fingerprint density at radius 1 is 1.18 bits per heavy atom. The van der Waals surface area contributed by atoms with Crippen LogP contribution in [-0.2, 0) is 42.2 Å². The number of hydrogen-bond acceptors (Lipinski definition) is 4. The van der Waals surface area contributed by atoms with Crippen LogP contribution in [0.5, 0.6) is 0 Å². The summed E-state index contributed by atoms with van der Waals surface area (Å²) in [5.74, 6) is 1.35. The first-order chi connectivity index (χ1) is 12.6. The Bertz CT molecular complexity index is 696. The van der Waals surface area contributed by atoms with E-state index in [1.54, 1.807) is 0 Å². The number of aliphatic hydroxyl groups excluding tert-OH is 2. The predicted molar refractivity (Wildman–Crippen MR) is 103 cm³/mol. The number of ether oxygens (including phenoxy) is 2. The van der Waals surface area contributed by atoms with E-state index in [1.165, 1.54) is 5.57 Å². The van der Waals surface area contributed by atoms with Gasteiger partial charge in [-0.15, -0.1) is 5.92 Å². The van der Waals surface area contributed by atoms with E-state index in [-0.39, 0.29) is 67.6 Å². The first-order valence-electron chi connectivity index (χ1n) is 10.8. The molecule has 0 aromatic heterocycles. The van der Waals surface area contributed by atoms with Crippen molar-refractivity contribution in [2.24, 2.45) is 40.4 Å². The molecule has 2 N–H and O–H groups in total. The number of allylic oxidation sites excluding steroid dienone is 2. The van der Waals surface area contributed by atoms with Crippen LogP contribution in [0.4, 0.5) is 0 Å². The molecule has 4 fully saturated rings. The van der Waals surface area contributed by atoms with Crippen LogP contribution in [0, 0.1) is 46.8 Å². The maximum absolute atomic E-state index is 11.5. The third-order valence-corrected chi connectivity index (χ3v) is 9.82. The normalized spacial score (nSPS) is 62.3. The molecular formula is C23H35O4Y-. The predicted octanol–water partition coefficient (Wildman–Crippen LogP) is 2.98. The first-order valence-corrected chi connectivity index (χ1v) is 10.8. The monoisotopic (exact) mass is 464 g/mol. The second-order valence-electron chi connectivity index (χ2n) is 10.7. The van der Waals surface area contributed by atoms with Crippen LogP contribution < -0.4 is 0 Å². The molecule has 12 atom stereocenters. The molecule has 5 aliphatic rings. The van der Waals surface area contributed by atoms with Gasteiger partial charge in [0.25, 0.3) is 0 Å². The van der Waals surface area contributed by atoms with Gasteiger partial charge in [-0.3, -0.25) is 6.42 Å². The molecule has 3 aliphatic carbocycles. The van der Waals surface area contributed by atoms with Gasteiger partial charge in [0.1, 0.15) is 6.10 Å². The minimum Gasteiger partial charge on any atom is -0.406 e. The van der Waals surface area contributed by atoms with Crippen LogP contribution >= 0.6 is 0 Å². The average Bonchev–Trinajstić information content (AvgIpc) is 2.86. The summed E-state index contributed by atoms with van der Waals surface area (Å²) in [5.41, 5.74) is 0.384. The van der Waals surface area contributed by atoms with Crippen molar-refractivity contribution in [2.45, 2.75) is 78.0 Å². The van der Waals surface area contributed by atoms with Crippen LogP contribution in [0.2, 0.25) is 0 Å². The second kappa shape index (κ2) is 6.59. The van der Waals surface area contributed by atoms with E-state index in [1.807, 2.05) is 6.92 Å². The van der Waals surface area contributed by atoms with E-state index in [2.05, 4.69) is 47.1 Å². The maximum atomic E-state index is 11.5. The SMILES string of the molecule is CC1=CC(C)C(C)[C@@]2(C)[C@@H]1C[C@H]1OC(C)[CH-][C@H]3[C@@]4(C)OC[C@]13[C@H]2[C@@H](O)[C@H]4O.[Y]. The van der Waals surface area contributed by atoms with E-state index >= 15 is 0 Å². The number of aliphatic hydroxyl groups is 2. The topological polar surface area (TPSA) is 58.9 Å². The summed E-state index contributed by atoms with van der Waals surface area (Å²) in [7, 11) is 0. The third-order valence-electron chi connectivity index (χ3n) is 9.82. The van der Waals surface area contributed by atoms with Crippen LogP contribution in [-0.4, -0.2) is 46.8 Å². The van der Waals surface area contributed by atoms with Crippen molar-refractivity contribution in [3.63, 3.8) is 0 Å². The maximum Gasteiger partial charge on any atom is 0.107 e. The molecule has 5 rings (SSSR count). The summed E-state index contributed by atoms with van der Waals surface area (Å²) in [5, 5.41) is 22.7. The Kier molecular flexibility index (Phi) is 5.16. The molecule has 2 saturated carbocycles. The molecule has 0 aromatic carbocycles. The zero-order chi connectivity index (χ0) is 19.5. The van der Waals surface area contributed by atoms with E-state index < -0.39 is 17.8 Å². The van der Waals surface area contributed by atoms with Gasteiger partial charge in [-0.25, -0.2) is 0 Å². The van der Waals surface area contributed by atoms with Crippen molar-refractivity contribution in [3.05, 3.63) is 18.1 Å². The molecule has 2 bridgehead atoms. The van der Waals surface area contributed by atoms with Gasteiger partial charge < -0.3 is 19.7 Å². The van der Waals surface area contributed by atoms with Gasteiger partial charge >= 0.3 is 0 Å². The van der Waals surface area contributed by atoms with Gasteiger partial charge in [0.05, 0.1) is 24.4 Å². The molecule has 1 spiro atoms. The fourth-order valence-corrected chi connectivity index (χ4v) is 8.38. The third kappa shape index (κ3) is 2.29. The summed E-state index contributed by atoms with van der Waals surface area (Å²) in [6.07, 6.45) is 4.14.